The van der Waals surface area contributed by atoms with Gasteiger partial charge < -0.3 is 20.3 Å². The molecule has 116 valence electrons. The number of hydrogen-bond acceptors (Lipinski definition) is 4. The van der Waals surface area contributed by atoms with Crippen molar-refractivity contribution in [1.82, 2.24) is 4.90 Å². The number of likely N-dealkylation sites (N-methyl/N-ethyl adjacent to an activating group) is 1. The molecule has 1 heterocycles. The van der Waals surface area contributed by atoms with Gasteiger partial charge in [-0.3, -0.25) is 4.79 Å². The minimum absolute atomic E-state index is 0.0363. The number of benzene rings is 1. The Labute approximate surface area is 124 Å². The minimum Gasteiger partial charge on any atom is -0.491 e. The third-order valence-electron chi connectivity index (χ3n) is 3.67. The second-order valence-corrected chi connectivity index (χ2v) is 5.36. The molecule has 2 rings (SSSR count). The normalized spacial score (nSPS) is 17.9. The summed E-state index contributed by atoms with van der Waals surface area (Å²) >= 11 is 0. The zero-order chi connectivity index (χ0) is 15.6. The summed E-state index contributed by atoms with van der Waals surface area (Å²) in [4.78, 5) is 15.8. The van der Waals surface area contributed by atoms with Crippen LogP contribution in [0.5, 0.6) is 5.75 Å². The maximum atomic E-state index is 13.8. The molecule has 21 heavy (non-hydrogen) atoms. The van der Waals surface area contributed by atoms with Crippen LogP contribution in [-0.2, 0) is 4.79 Å². The molecule has 6 heteroatoms. The first kappa shape index (κ1) is 15.4. The first-order chi connectivity index (χ1) is 9.95. The quantitative estimate of drug-likeness (QED) is 0.861. The van der Waals surface area contributed by atoms with Crippen LogP contribution < -0.4 is 15.4 Å². The molecule has 1 unspecified atom stereocenters. The number of amides is 1. The number of anilines is 2. The summed E-state index contributed by atoms with van der Waals surface area (Å²) in [6.07, 6.45) is 1.68. The van der Waals surface area contributed by atoms with E-state index >= 15 is 0 Å². The highest BCUT2D eigenvalue weighted by molar-refractivity contribution is 5.87. The molecule has 5 nitrogen and oxygen atoms in total. The molecular weight excluding hydrogens is 273 g/mol. The van der Waals surface area contributed by atoms with Crippen LogP contribution in [0.4, 0.5) is 15.8 Å². The highest BCUT2D eigenvalue weighted by atomic mass is 19.1. The second-order valence-electron chi connectivity index (χ2n) is 5.36. The van der Waals surface area contributed by atoms with E-state index in [2.05, 4.69) is 0 Å². The van der Waals surface area contributed by atoms with Crippen molar-refractivity contribution in [2.24, 2.45) is 0 Å². The van der Waals surface area contributed by atoms with Crippen molar-refractivity contribution < 1.29 is 13.9 Å². The van der Waals surface area contributed by atoms with Crippen molar-refractivity contribution in [3.63, 3.8) is 0 Å². The molecule has 1 saturated heterocycles. The second kappa shape index (κ2) is 6.20. The molecule has 1 aromatic carbocycles. The summed E-state index contributed by atoms with van der Waals surface area (Å²) in [6.45, 7) is 2.90. The number of halogens is 1. The number of nitrogens with zero attached hydrogens (tertiary/aromatic N) is 2. The maximum Gasteiger partial charge on any atom is 0.244 e. The lowest BCUT2D eigenvalue weighted by Crippen LogP contribution is -2.43. The maximum absolute atomic E-state index is 13.8. The van der Waals surface area contributed by atoms with Crippen molar-refractivity contribution in [3.05, 3.63) is 17.9 Å². The van der Waals surface area contributed by atoms with Crippen LogP contribution >= 0.6 is 0 Å². The number of rotatable bonds is 4. The van der Waals surface area contributed by atoms with Gasteiger partial charge in [-0.2, -0.15) is 0 Å². The highest BCUT2D eigenvalue weighted by Gasteiger charge is 2.33. The molecule has 0 spiro atoms. The SMILES string of the molecule is CCOc1cc(N2CCCC2C(=O)N(C)C)c(N)cc1F. The van der Waals surface area contributed by atoms with Crippen LogP contribution in [0, 0.1) is 5.82 Å². The Morgan fingerprint density at radius 1 is 1.52 bits per heavy atom. The zero-order valence-corrected chi connectivity index (χ0v) is 12.7. The van der Waals surface area contributed by atoms with Gasteiger partial charge in [-0.1, -0.05) is 0 Å². The van der Waals surface area contributed by atoms with Gasteiger partial charge in [0.05, 0.1) is 18.0 Å². The smallest absolute Gasteiger partial charge is 0.244 e. The molecule has 1 aliphatic heterocycles. The van der Waals surface area contributed by atoms with Crippen LogP contribution in [0.2, 0.25) is 0 Å². The molecule has 0 bridgehead atoms. The van der Waals surface area contributed by atoms with Crippen molar-refractivity contribution in [3.8, 4) is 5.75 Å². The summed E-state index contributed by atoms with van der Waals surface area (Å²) in [5.74, 6) is -0.272. The Morgan fingerprint density at radius 3 is 2.86 bits per heavy atom. The van der Waals surface area contributed by atoms with E-state index in [-0.39, 0.29) is 17.7 Å². The lowest BCUT2D eigenvalue weighted by atomic mass is 10.1. The summed E-state index contributed by atoms with van der Waals surface area (Å²) < 4.78 is 19.1. The van der Waals surface area contributed by atoms with Crippen LogP contribution in [0.25, 0.3) is 0 Å². The van der Waals surface area contributed by atoms with Gasteiger partial charge in [0.15, 0.2) is 11.6 Å². The minimum atomic E-state index is -0.479. The van der Waals surface area contributed by atoms with Crippen LogP contribution in [-0.4, -0.2) is 44.1 Å². The predicted octanol–water partition coefficient (Wildman–Crippen LogP) is 1.86. The fraction of sp³-hybridized carbons (Fsp3) is 0.533. The molecule has 1 atom stereocenters. The molecule has 1 aliphatic rings. The average Bonchev–Trinajstić information content (AvgIpc) is 2.90. The number of nitrogen functional groups attached to an aromatic ring is 1. The lowest BCUT2D eigenvalue weighted by molar-refractivity contribution is -0.129. The molecule has 1 fully saturated rings. The zero-order valence-electron chi connectivity index (χ0n) is 12.7. The molecule has 0 aliphatic carbocycles. The van der Waals surface area contributed by atoms with E-state index in [1.807, 2.05) is 4.90 Å². The van der Waals surface area contributed by atoms with Gasteiger partial charge in [0.25, 0.3) is 0 Å². The van der Waals surface area contributed by atoms with Gasteiger partial charge in [0, 0.05) is 32.8 Å². The van der Waals surface area contributed by atoms with Gasteiger partial charge in [0.1, 0.15) is 6.04 Å². The van der Waals surface area contributed by atoms with Gasteiger partial charge >= 0.3 is 0 Å². The molecule has 2 N–H and O–H groups in total. The van der Waals surface area contributed by atoms with Crippen molar-refractivity contribution in [2.75, 3.05) is 37.9 Å². The van der Waals surface area contributed by atoms with E-state index in [0.717, 1.165) is 19.4 Å². The molecule has 0 aromatic heterocycles. The first-order valence-corrected chi connectivity index (χ1v) is 7.15. The van der Waals surface area contributed by atoms with E-state index in [4.69, 9.17) is 10.5 Å². The summed E-state index contributed by atoms with van der Waals surface area (Å²) in [6, 6.07) is 2.60. The third-order valence-corrected chi connectivity index (χ3v) is 3.67. The van der Waals surface area contributed by atoms with E-state index in [1.165, 1.54) is 6.07 Å². The van der Waals surface area contributed by atoms with Crippen LogP contribution in [0.1, 0.15) is 19.8 Å². The molecule has 1 aromatic rings. The van der Waals surface area contributed by atoms with E-state index in [1.54, 1.807) is 32.0 Å². The fourth-order valence-electron chi connectivity index (χ4n) is 2.68. The molecule has 0 saturated carbocycles. The summed E-state index contributed by atoms with van der Waals surface area (Å²) in [7, 11) is 3.47. The number of carbonyl (C=O) groups excluding carboxylic acids is 1. The first-order valence-electron chi connectivity index (χ1n) is 7.15. The number of carbonyl (C=O) groups is 1. The van der Waals surface area contributed by atoms with Crippen LogP contribution in [0.15, 0.2) is 12.1 Å². The van der Waals surface area contributed by atoms with Gasteiger partial charge in [-0.05, 0) is 19.8 Å². The summed E-state index contributed by atoms with van der Waals surface area (Å²) in [5, 5.41) is 0. The number of ether oxygens (including phenoxy) is 1. The van der Waals surface area contributed by atoms with Gasteiger partial charge in [-0.25, -0.2) is 4.39 Å². The number of hydrogen-bond donors (Lipinski definition) is 1. The molecule has 0 radical (unpaired) electrons. The predicted molar refractivity (Wildman–Crippen MR) is 81.0 cm³/mol. The highest BCUT2D eigenvalue weighted by Crippen LogP contribution is 2.35. The Hall–Kier alpha value is -1.98. The summed E-state index contributed by atoms with van der Waals surface area (Å²) in [5.41, 5.74) is 6.94. The van der Waals surface area contributed by atoms with Gasteiger partial charge in [-0.15, -0.1) is 0 Å². The Balaban J connectivity index is 2.36. The topological polar surface area (TPSA) is 58.8 Å². The standard InChI is InChI=1S/C15H22FN3O2/c1-4-21-14-9-13(11(17)8-10(14)16)19-7-5-6-12(19)15(20)18(2)3/h8-9,12H,4-7,17H2,1-3H3. The average molecular weight is 295 g/mol. The molecular formula is C15H22FN3O2. The monoisotopic (exact) mass is 295 g/mol. The largest absolute Gasteiger partial charge is 0.491 e. The third kappa shape index (κ3) is 3.04. The van der Waals surface area contributed by atoms with E-state index < -0.39 is 5.82 Å². The van der Waals surface area contributed by atoms with Crippen molar-refractivity contribution >= 4 is 17.3 Å². The van der Waals surface area contributed by atoms with Crippen molar-refractivity contribution in [1.29, 1.82) is 0 Å². The van der Waals surface area contributed by atoms with E-state index in [0.29, 0.717) is 18.0 Å². The lowest BCUT2D eigenvalue weighted by Gasteiger charge is -2.29. The van der Waals surface area contributed by atoms with Crippen LogP contribution in [0.3, 0.4) is 0 Å². The Morgan fingerprint density at radius 2 is 2.24 bits per heavy atom. The Kier molecular flexibility index (Phi) is 4.55. The van der Waals surface area contributed by atoms with E-state index in [9.17, 15) is 9.18 Å². The van der Waals surface area contributed by atoms with Crippen molar-refractivity contribution in [2.45, 2.75) is 25.8 Å². The fourth-order valence-corrected chi connectivity index (χ4v) is 2.68. The molecule has 1 amide bonds. The Bertz CT molecular complexity index is 534. The number of nitrogens with two attached hydrogens (primary N) is 1. The van der Waals surface area contributed by atoms with Gasteiger partial charge in [0.2, 0.25) is 5.91 Å².